The minimum atomic E-state index is 0.164. The largest absolute Gasteiger partial charge is 0.491 e. The van der Waals surface area contributed by atoms with E-state index in [1.54, 1.807) is 6.33 Å². The zero-order valence-corrected chi connectivity index (χ0v) is 12.3. The quantitative estimate of drug-likeness (QED) is 0.869. The molecule has 0 aliphatic heterocycles. The summed E-state index contributed by atoms with van der Waals surface area (Å²) in [4.78, 5) is 8.55. The van der Waals surface area contributed by atoms with Crippen LogP contribution >= 0.6 is 0 Å². The number of nitrogens with zero attached hydrogens (tertiary/aromatic N) is 2. The van der Waals surface area contributed by atoms with Gasteiger partial charge >= 0.3 is 0 Å². The van der Waals surface area contributed by atoms with Crippen LogP contribution in [0, 0.1) is 0 Å². The summed E-state index contributed by atoms with van der Waals surface area (Å²) in [6, 6.07) is 9.93. The molecule has 0 spiro atoms. The third-order valence-electron chi connectivity index (χ3n) is 2.72. The van der Waals surface area contributed by atoms with Gasteiger partial charge in [0.15, 0.2) is 0 Å². The molecule has 1 aromatic heterocycles. The Morgan fingerprint density at radius 1 is 1.20 bits per heavy atom. The monoisotopic (exact) mass is 271 g/mol. The lowest BCUT2D eigenvalue weighted by Gasteiger charge is -2.11. The summed E-state index contributed by atoms with van der Waals surface area (Å²) in [7, 11) is 0. The molecule has 20 heavy (non-hydrogen) atoms. The molecule has 0 aliphatic carbocycles. The standard InChI is InChI=1S/C16H21N3O/c1-4-8-17-16-10-15(18-11-19-16)13-6-5-7-14(9-13)20-12(2)3/h5-7,9-12H,4,8H2,1-3H3,(H,17,18,19). The number of anilines is 1. The molecule has 1 aromatic carbocycles. The van der Waals surface area contributed by atoms with E-state index in [0.29, 0.717) is 0 Å². The Labute approximate surface area is 120 Å². The van der Waals surface area contributed by atoms with Crippen molar-refractivity contribution in [2.75, 3.05) is 11.9 Å². The van der Waals surface area contributed by atoms with Crippen LogP contribution in [0.15, 0.2) is 36.7 Å². The fourth-order valence-electron chi connectivity index (χ4n) is 1.87. The number of nitrogens with one attached hydrogen (secondary N) is 1. The van der Waals surface area contributed by atoms with Gasteiger partial charge in [0.1, 0.15) is 17.9 Å². The summed E-state index contributed by atoms with van der Waals surface area (Å²) in [5, 5.41) is 3.27. The fraction of sp³-hybridized carbons (Fsp3) is 0.375. The highest BCUT2D eigenvalue weighted by molar-refractivity contribution is 5.63. The summed E-state index contributed by atoms with van der Waals surface area (Å²) in [5.74, 6) is 1.71. The second-order valence-corrected chi connectivity index (χ2v) is 4.91. The number of hydrogen-bond donors (Lipinski definition) is 1. The average Bonchev–Trinajstić information content (AvgIpc) is 2.45. The van der Waals surface area contributed by atoms with E-state index in [1.807, 2.05) is 44.2 Å². The summed E-state index contributed by atoms with van der Waals surface area (Å²) in [6.07, 6.45) is 2.82. The Hall–Kier alpha value is -2.10. The lowest BCUT2D eigenvalue weighted by Crippen LogP contribution is -2.05. The van der Waals surface area contributed by atoms with E-state index in [0.717, 1.165) is 35.8 Å². The van der Waals surface area contributed by atoms with Gasteiger partial charge in [0.2, 0.25) is 0 Å². The van der Waals surface area contributed by atoms with Crippen LogP contribution < -0.4 is 10.1 Å². The van der Waals surface area contributed by atoms with E-state index in [4.69, 9.17) is 4.74 Å². The van der Waals surface area contributed by atoms with Crippen LogP contribution in [0.5, 0.6) is 5.75 Å². The van der Waals surface area contributed by atoms with Crippen molar-refractivity contribution < 1.29 is 4.74 Å². The van der Waals surface area contributed by atoms with Crippen molar-refractivity contribution in [2.24, 2.45) is 0 Å². The molecule has 0 unspecified atom stereocenters. The molecule has 0 radical (unpaired) electrons. The van der Waals surface area contributed by atoms with Crippen LogP contribution in [-0.4, -0.2) is 22.6 Å². The molecule has 0 saturated carbocycles. The highest BCUT2D eigenvalue weighted by Crippen LogP contribution is 2.24. The van der Waals surface area contributed by atoms with Crippen LogP contribution in [0.25, 0.3) is 11.3 Å². The number of rotatable bonds is 6. The van der Waals surface area contributed by atoms with Crippen molar-refractivity contribution in [3.63, 3.8) is 0 Å². The maximum atomic E-state index is 5.71. The molecule has 106 valence electrons. The molecule has 0 atom stereocenters. The average molecular weight is 271 g/mol. The van der Waals surface area contributed by atoms with E-state index >= 15 is 0 Å². The zero-order chi connectivity index (χ0) is 14.4. The van der Waals surface area contributed by atoms with Gasteiger partial charge in [0.25, 0.3) is 0 Å². The van der Waals surface area contributed by atoms with Gasteiger partial charge in [-0.2, -0.15) is 0 Å². The van der Waals surface area contributed by atoms with Gasteiger partial charge in [-0.25, -0.2) is 9.97 Å². The lowest BCUT2D eigenvalue weighted by atomic mass is 10.1. The molecule has 0 bridgehead atoms. The zero-order valence-electron chi connectivity index (χ0n) is 12.3. The van der Waals surface area contributed by atoms with Crippen LogP contribution in [0.4, 0.5) is 5.82 Å². The van der Waals surface area contributed by atoms with Crippen molar-refractivity contribution in [2.45, 2.75) is 33.3 Å². The van der Waals surface area contributed by atoms with Gasteiger partial charge in [-0.1, -0.05) is 19.1 Å². The minimum Gasteiger partial charge on any atom is -0.491 e. The Bertz CT molecular complexity index is 555. The molecule has 0 amide bonds. The maximum Gasteiger partial charge on any atom is 0.129 e. The Balaban J connectivity index is 2.22. The molecule has 0 aliphatic rings. The first-order chi connectivity index (χ1) is 9.69. The third-order valence-corrected chi connectivity index (χ3v) is 2.72. The van der Waals surface area contributed by atoms with E-state index in [9.17, 15) is 0 Å². The number of hydrogen-bond acceptors (Lipinski definition) is 4. The summed E-state index contributed by atoms with van der Waals surface area (Å²) < 4.78 is 5.71. The van der Waals surface area contributed by atoms with Gasteiger partial charge < -0.3 is 10.1 Å². The maximum absolute atomic E-state index is 5.71. The van der Waals surface area contributed by atoms with Gasteiger partial charge in [0.05, 0.1) is 11.8 Å². The van der Waals surface area contributed by atoms with E-state index in [1.165, 1.54) is 0 Å². The fourth-order valence-corrected chi connectivity index (χ4v) is 1.87. The minimum absolute atomic E-state index is 0.164. The Morgan fingerprint density at radius 2 is 2.05 bits per heavy atom. The second kappa shape index (κ2) is 6.89. The van der Waals surface area contributed by atoms with Crippen molar-refractivity contribution in [3.8, 4) is 17.0 Å². The molecular weight excluding hydrogens is 250 g/mol. The second-order valence-electron chi connectivity index (χ2n) is 4.91. The highest BCUT2D eigenvalue weighted by Gasteiger charge is 2.04. The van der Waals surface area contributed by atoms with Gasteiger partial charge in [0, 0.05) is 18.2 Å². The molecule has 0 fully saturated rings. The van der Waals surface area contributed by atoms with Crippen LogP contribution in [0.3, 0.4) is 0 Å². The molecule has 2 aromatic rings. The van der Waals surface area contributed by atoms with Crippen molar-refractivity contribution in [1.29, 1.82) is 0 Å². The number of benzene rings is 1. The first-order valence-corrected chi connectivity index (χ1v) is 7.02. The first kappa shape index (κ1) is 14.3. The van der Waals surface area contributed by atoms with Crippen molar-refractivity contribution >= 4 is 5.82 Å². The van der Waals surface area contributed by atoms with Gasteiger partial charge in [-0.05, 0) is 32.4 Å². The molecule has 1 N–H and O–H groups in total. The predicted molar refractivity (Wildman–Crippen MR) is 82.0 cm³/mol. The molecule has 4 nitrogen and oxygen atoms in total. The molecule has 4 heteroatoms. The topological polar surface area (TPSA) is 47.0 Å². The molecule has 1 heterocycles. The van der Waals surface area contributed by atoms with Crippen molar-refractivity contribution in [3.05, 3.63) is 36.7 Å². The van der Waals surface area contributed by atoms with E-state index in [2.05, 4.69) is 22.2 Å². The lowest BCUT2D eigenvalue weighted by molar-refractivity contribution is 0.242. The first-order valence-electron chi connectivity index (χ1n) is 7.02. The highest BCUT2D eigenvalue weighted by atomic mass is 16.5. The normalized spacial score (nSPS) is 10.6. The van der Waals surface area contributed by atoms with Crippen LogP contribution in [0.1, 0.15) is 27.2 Å². The van der Waals surface area contributed by atoms with Crippen LogP contribution in [0.2, 0.25) is 0 Å². The van der Waals surface area contributed by atoms with Crippen LogP contribution in [-0.2, 0) is 0 Å². The SMILES string of the molecule is CCCNc1cc(-c2cccc(OC(C)C)c2)ncn1. The third kappa shape index (κ3) is 3.95. The summed E-state index contributed by atoms with van der Waals surface area (Å²) in [5.41, 5.74) is 1.93. The predicted octanol–water partition coefficient (Wildman–Crippen LogP) is 3.75. The number of aromatic nitrogens is 2. The Morgan fingerprint density at radius 3 is 2.80 bits per heavy atom. The van der Waals surface area contributed by atoms with Gasteiger partial charge in [-0.3, -0.25) is 0 Å². The van der Waals surface area contributed by atoms with Crippen molar-refractivity contribution in [1.82, 2.24) is 9.97 Å². The molecule has 0 saturated heterocycles. The molecular formula is C16H21N3O. The summed E-state index contributed by atoms with van der Waals surface area (Å²) >= 11 is 0. The number of ether oxygens (including phenoxy) is 1. The molecule has 2 rings (SSSR count). The van der Waals surface area contributed by atoms with E-state index in [-0.39, 0.29) is 6.10 Å². The smallest absolute Gasteiger partial charge is 0.129 e. The summed E-state index contributed by atoms with van der Waals surface area (Å²) in [6.45, 7) is 7.07. The van der Waals surface area contributed by atoms with E-state index < -0.39 is 0 Å². The van der Waals surface area contributed by atoms with Gasteiger partial charge in [-0.15, -0.1) is 0 Å². The Kier molecular flexibility index (Phi) is 4.93.